The Morgan fingerprint density at radius 3 is 2.63 bits per heavy atom. The normalized spacial score (nSPS) is 22.0. The molecule has 1 N–H and O–H groups in total. The van der Waals surface area contributed by atoms with Crippen LogP contribution in [0.4, 0.5) is 11.4 Å². The summed E-state index contributed by atoms with van der Waals surface area (Å²) in [6.45, 7) is 2.16. The summed E-state index contributed by atoms with van der Waals surface area (Å²) in [6, 6.07) is 20.9. The van der Waals surface area contributed by atoms with E-state index in [4.69, 9.17) is 23.2 Å². The highest BCUT2D eigenvalue weighted by molar-refractivity contribution is 6.36. The number of allylic oxidation sites excluding steroid dienone is 2. The van der Waals surface area contributed by atoms with Crippen LogP contribution in [0, 0.1) is 12.8 Å². The third kappa shape index (κ3) is 3.66. The molecular weight excluding hydrogens is 411 g/mol. The van der Waals surface area contributed by atoms with Gasteiger partial charge in [-0.2, -0.15) is 0 Å². The molecule has 0 spiro atoms. The molecule has 0 amide bonds. The highest BCUT2D eigenvalue weighted by Crippen LogP contribution is 2.50. The SMILES string of the molecule is Cc1ccc2c(c1)[C@H]1C=CC[C@@H]1[C@H](c1ccc(N=Cc3ccc(Cl)cc3Cl)cc1)N2. The van der Waals surface area contributed by atoms with E-state index in [0.717, 1.165) is 17.7 Å². The average Bonchev–Trinajstić information content (AvgIpc) is 3.23. The molecule has 0 bridgehead atoms. The fourth-order valence-corrected chi connectivity index (χ4v) is 5.02. The van der Waals surface area contributed by atoms with Gasteiger partial charge in [-0.3, -0.25) is 4.99 Å². The molecule has 30 heavy (non-hydrogen) atoms. The molecule has 3 atom stereocenters. The third-order valence-corrected chi connectivity index (χ3v) is 6.65. The molecule has 3 aromatic carbocycles. The zero-order chi connectivity index (χ0) is 20.7. The van der Waals surface area contributed by atoms with Crippen LogP contribution >= 0.6 is 23.2 Å². The smallest absolute Gasteiger partial charge is 0.0630 e. The molecule has 150 valence electrons. The van der Waals surface area contributed by atoms with E-state index in [0.29, 0.717) is 27.9 Å². The predicted octanol–water partition coefficient (Wildman–Crippen LogP) is 7.88. The first-order valence-electron chi connectivity index (χ1n) is 10.2. The van der Waals surface area contributed by atoms with Crippen molar-refractivity contribution in [3.63, 3.8) is 0 Å². The first-order valence-corrected chi connectivity index (χ1v) is 11.0. The number of aryl methyl sites for hydroxylation is 1. The van der Waals surface area contributed by atoms with Gasteiger partial charge in [0, 0.05) is 28.4 Å². The molecule has 5 rings (SSSR count). The van der Waals surface area contributed by atoms with Gasteiger partial charge in [0.05, 0.1) is 16.8 Å². The molecule has 0 fully saturated rings. The van der Waals surface area contributed by atoms with Crippen molar-refractivity contribution >= 4 is 40.8 Å². The predicted molar refractivity (Wildman–Crippen MR) is 128 cm³/mol. The lowest BCUT2D eigenvalue weighted by atomic mass is 9.76. The lowest BCUT2D eigenvalue weighted by Gasteiger charge is -2.37. The summed E-state index contributed by atoms with van der Waals surface area (Å²) >= 11 is 12.2. The second kappa shape index (κ2) is 7.94. The standard InChI is InChI=1S/C26H22Cl2N2/c1-16-5-12-25-23(13-16)21-3-2-4-22(21)26(30-25)17-7-10-20(11-8-17)29-15-18-6-9-19(27)14-24(18)28/h2-3,5-15,21-22,26,30H,4H2,1H3/t21-,22-,26-/m0/s1. The highest BCUT2D eigenvalue weighted by atomic mass is 35.5. The molecule has 0 aromatic heterocycles. The number of nitrogens with one attached hydrogen (secondary N) is 1. The van der Waals surface area contributed by atoms with Crippen LogP contribution in [-0.2, 0) is 0 Å². The van der Waals surface area contributed by atoms with Gasteiger partial charge in [0.1, 0.15) is 0 Å². The minimum Gasteiger partial charge on any atom is -0.378 e. The Balaban J connectivity index is 1.39. The van der Waals surface area contributed by atoms with Gasteiger partial charge in [0.25, 0.3) is 0 Å². The third-order valence-electron chi connectivity index (χ3n) is 6.09. The van der Waals surface area contributed by atoms with Crippen molar-refractivity contribution in [2.24, 2.45) is 10.9 Å². The zero-order valence-corrected chi connectivity index (χ0v) is 18.2. The minimum atomic E-state index is 0.295. The highest BCUT2D eigenvalue weighted by Gasteiger charge is 2.37. The largest absolute Gasteiger partial charge is 0.378 e. The Bertz CT molecular complexity index is 1150. The van der Waals surface area contributed by atoms with E-state index in [-0.39, 0.29) is 0 Å². The molecule has 1 aliphatic carbocycles. The van der Waals surface area contributed by atoms with Crippen molar-refractivity contribution in [2.75, 3.05) is 5.32 Å². The van der Waals surface area contributed by atoms with Gasteiger partial charge in [0.2, 0.25) is 0 Å². The van der Waals surface area contributed by atoms with E-state index in [1.54, 1.807) is 12.3 Å². The Hall–Kier alpha value is -2.55. The van der Waals surface area contributed by atoms with Gasteiger partial charge in [-0.25, -0.2) is 0 Å². The van der Waals surface area contributed by atoms with E-state index < -0.39 is 0 Å². The monoisotopic (exact) mass is 432 g/mol. The number of hydrogen-bond acceptors (Lipinski definition) is 2. The number of rotatable bonds is 3. The molecule has 4 heteroatoms. The van der Waals surface area contributed by atoms with Gasteiger partial charge in [-0.1, -0.05) is 71.2 Å². The maximum absolute atomic E-state index is 6.24. The van der Waals surface area contributed by atoms with Crippen molar-refractivity contribution in [3.8, 4) is 0 Å². The first kappa shape index (κ1) is 19.4. The molecule has 0 saturated carbocycles. The number of aliphatic imine (C=N–C) groups is 1. The zero-order valence-electron chi connectivity index (χ0n) is 16.6. The molecule has 0 unspecified atom stereocenters. The second-order valence-corrected chi connectivity index (χ2v) is 8.93. The summed E-state index contributed by atoms with van der Waals surface area (Å²) in [5.41, 5.74) is 7.03. The average molecular weight is 433 g/mol. The molecule has 2 aliphatic rings. The number of halogens is 2. The van der Waals surface area contributed by atoms with E-state index in [1.807, 2.05) is 12.1 Å². The molecule has 1 heterocycles. The Morgan fingerprint density at radius 2 is 1.83 bits per heavy atom. The van der Waals surface area contributed by atoms with Crippen molar-refractivity contribution in [2.45, 2.75) is 25.3 Å². The van der Waals surface area contributed by atoms with Crippen molar-refractivity contribution in [1.82, 2.24) is 0 Å². The fraction of sp³-hybridized carbons (Fsp3) is 0.192. The molecule has 2 nitrogen and oxygen atoms in total. The topological polar surface area (TPSA) is 24.4 Å². The van der Waals surface area contributed by atoms with Crippen LogP contribution in [0.3, 0.4) is 0 Å². The Kier molecular flexibility index (Phi) is 5.14. The molecule has 1 aliphatic heterocycles. The molecule has 0 radical (unpaired) electrons. The molecule has 3 aromatic rings. The summed E-state index contributed by atoms with van der Waals surface area (Å²) in [4.78, 5) is 4.58. The molecule has 0 saturated heterocycles. The Labute approximate surface area is 187 Å². The summed E-state index contributed by atoms with van der Waals surface area (Å²) < 4.78 is 0. The summed E-state index contributed by atoms with van der Waals surface area (Å²) in [5, 5.41) is 5.02. The summed E-state index contributed by atoms with van der Waals surface area (Å²) in [6.07, 6.45) is 7.59. The van der Waals surface area contributed by atoms with Crippen molar-refractivity contribution in [1.29, 1.82) is 0 Å². The van der Waals surface area contributed by atoms with Gasteiger partial charge in [-0.05, 0) is 60.7 Å². The molecular formula is C26H22Cl2N2. The number of hydrogen-bond donors (Lipinski definition) is 1. The van der Waals surface area contributed by atoms with Crippen LogP contribution in [-0.4, -0.2) is 6.21 Å². The van der Waals surface area contributed by atoms with E-state index in [2.05, 4.69) is 71.8 Å². The summed E-state index contributed by atoms with van der Waals surface area (Å²) in [7, 11) is 0. The van der Waals surface area contributed by atoms with Crippen molar-refractivity contribution in [3.05, 3.63) is 105 Å². The quantitative estimate of drug-likeness (QED) is 0.330. The van der Waals surface area contributed by atoms with Crippen molar-refractivity contribution < 1.29 is 0 Å². The number of fused-ring (bicyclic) bond motifs is 3. The number of nitrogens with zero attached hydrogens (tertiary/aromatic N) is 1. The number of benzene rings is 3. The van der Waals surface area contributed by atoms with Crippen LogP contribution in [0.25, 0.3) is 0 Å². The van der Waals surface area contributed by atoms with Crippen LogP contribution in [0.2, 0.25) is 10.0 Å². The van der Waals surface area contributed by atoms with Gasteiger partial charge in [0.15, 0.2) is 0 Å². The second-order valence-electron chi connectivity index (χ2n) is 8.08. The van der Waals surface area contributed by atoms with Crippen LogP contribution in [0.5, 0.6) is 0 Å². The fourth-order valence-electron chi connectivity index (χ4n) is 4.56. The van der Waals surface area contributed by atoms with Crippen LogP contribution in [0.15, 0.2) is 77.8 Å². The van der Waals surface area contributed by atoms with E-state index >= 15 is 0 Å². The minimum absolute atomic E-state index is 0.295. The van der Waals surface area contributed by atoms with Crippen LogP contribution in [0.1, 0.15) is 40.6 Å². The lowest BCUT2D eigenvalue weighted by molar-refractivity contribution is 0.425. The van der Waals surface area contributed by atoms with Gasteiger partial charge >= 0.3 is 0 Å². The maximum atomic E-state index is 6.24. The van der Waals surface area contributed by atoms with E-state index in [1.165, 1.54) is 22.4 Å². The van der Waals surface area contributed by atoms with Gasteiger partial charge < -0.3 is 5.32 Å². The number of anilines is 1. The lowest BCUT2D eigenvalue weighted by Crippen LogP contribution is -2.29. The first-order chi connectivity index (χ1) is 14.6. The maximum Gasteiger partial charge on any atom is 0.0630 e. The summed E-state index contributed by atoms with van der Waals surface area (Å²) in [5.74, 6) is 1.03. The Morgan fingerprint density at radius 1 is 1.00 bits per heavy atom. The van der Waals surface area contributed by atoms with Crippen LogP contribution < -0.4 is 5.32 Å². The van der Waals surface area contributed by atoms with Gasteiger partial charge in [-0.15, -0.1) is 0 Å². The van der Waals surface area contributed by atoms with E-state index in [9.17, 15) is 0 Å².